The highest BCUT2D eigenvalue weighted by atomic mass is 19.1. The van der Waals surface area contributed by atoms with Gasteiger partial charge in [-0.15, -0.1) is 0 Å². The fourth-order valence-corrected chi connectivity index (χ4v) is 5.37. The second-order valence-corrected chi connectivity index (χ2v) is 9.56. The Labute approximate surface area is 214 Å². The molecule has 2 fully saturated rings. The van der Waals surface area contributed by atoms with Crippen LogP contribution in [-0.2, 0) is 20.7 Å². The second kappa shape index (κ2) is 10.7. The Morgan fingerprint density at radius 3 is 2.51 bits per heavy atom. The van der Waals surface area contributed by atoms with Gasteiger partial charge >= 0.3 is 12.1 Å². The molecule has 8 heteroatoms. The molecular formula is C29H28F2N2O4. The summed E-state index contributed by atoms with van der Waals surface area (Å²) in [6, 6.07) is 20.7. The quantitative estimate of drug-likeness (QED) is 0.453. The lowest BCUT2D eigenvalue weighted by atomic mass is 9.92. The lowest BCUT2D eigenvalue weighted by molar-refractivity contribution is -0.145. The van der Waals surface area contributed by atoms with E-state index in [9.17, 15) is 18.4 Å². The van der Waals surface area contributed by atoms with Gasteiger partial charge in [0.05, 0.1) is 12.1 Å². The van der Waals surface area contributed by atoms with Crippen LogP contribution in [0, 0.1) is 11.6 Å². The lowest BCUT2D eigenvalue weighted by Gasteiger charge is -2.29. The van der Waals surface area contributed by atoms with Gasteiger partial charge in [-0.2, -0.15) is 0 Å². The predicted octanol–water partition coefficient (Wildman–Crippen LogP) is 5.08. The first kappa shape index (κ1) is 24.9. The van der Waals surface area contributed by atoms with Crippen LogP contribution in [0.3, 0.4) is 0 Å². The summed E-state index contributed by atoms with van der Waals surface area (Å²) in [5.41, 5.74) is 3.32. The van der Waals surface area contributed by atoms with Crippen LogP contribution in [-0.4, -0.2) is 42.2 Å². The number of carbonyl (C=O) groups excluding carboxylic acids is 2. The third-order valence-electron chi connectivity index (χ3n) is 6.83. The molecule has 0 bridgehead atoms. The molecule has 1 N–H and O–H groups in total. The Balaban J connectivity index is 1.44. The molecule has 0 spiro atoms. The maximum Gasteiger partial charge on any atom is 0.408 e. The smallest absolute Gasteiger partial charge is 0.408 e. The summed E-state index contributed by atoms with van der Waals surface area (Å²) >= 11 is 0. The zero-order valence-corrected chi connectivity index (χ0v) is 20.4. The molecule has 2 unspecified atom stereocenters. The van der Waals surface area contributed by atoms with E-state index in [-0.39, 0.29) is 24.5 Å². The molecule has 2 aliphatic heterocycles. The zero-order chi connectivity index (χ0) is 25.9. The number of nitrogens with one attached hydrogen (secondary N) is 1. The van der Waals surface area contributed by atoms with Crippen molar-refractivity contribution in [3.8, 4) is 0 Å². The van der Waals surface area contributed by atoms with Crippen LogP contribution >= 0.6 is 0 Å². The highest BCUT2D eigenvalue weighted by Crippen LogP contribution is 2.36. The van der Waals surface area contributed by atoms with E-state index in [1.165, 1.54) is 19.1 Å². The van der Waals surface area contributed by atoms with Gasteiger partial charge in [0.15, 0.2) is 0 Å². The van der Waals surface area contributed by atoms with E-state index in [2.05, 4.69) is 22.3 Å². The Morgan fingerprint density at radius 1 is 1.05 bits per heavy atom. The van der Waals surface area contributed by atoms with Gasteiger partial charge in [-0.05, 0) is 47.2 Å². The van der Waals surface area contributed by atoms with E-state index in [0.717, 1.165) is 35.7 Å². The van der Waals surface area contributed by atoms with Crippen LogP contribution < -0.4 is 5.32 Å². The largest absolute Gasteiger partial charge is 0.461 e. The fourth-order valence-electron chi connectivity index (χ4n) is 5.37. The van der Waals surface area contributed by atoms with Gasteiger partial charge in [0, 0.05) is 26.1 Å². The van der Waals surface area contributed by atoms with Crippen LogP contribution in [0.4, 0.5) is 13.6 Å². The van der Waals surface area contributed by atoms with E-state index in [1.807, 2.05) is 42.5 Å². The third kappa shape index (κ3) is 5.80. The monoisotopic (exact) mass is 506 g/mol. The molecule has 6 nitrogen and oxygen atoms in total. The van der Waals surface area contributed by atoms with Crippen molar-refractivity contribution in [1.82, 2.24) is 10.2 Å². The van der Waals surface area contributed by atoms with Crippen molar-refractivity contribution < 1.29 is 27.8 Å². The number of hydrogen-bond acceptors (Lipinski definition) is 5. The number of rotatable bonds is 7. The van der Waals surface area contributed by atoms with E-state index in [4.69, 9.17) is 9.47 Å². The summed E-state index contributed by atoms with van der Waals surface area (Å²) in [6.07, 6.45) is -0.390. The highest BCUT2D eigenvalue weighted by Gasteiger charge is 2.37. The number of halogens is 2. The number of amides is 1. The molecule has 2 aliphatic rings. The van der Waals surface area contributed by atoms with Crippen molar-refractivity contribution in [3.05, 3.63) is 107 Å². The van der Waals surface area contributed by atoms with Crippen molar-refractivity contribution in [2.75, 3.05) is 13.1 Å². The van der Waals surface area contributed by atoms with Crippen LogP contribution in [0.2, 0.25) is 0 Å². The molecule has 0 aliphatic carbocycles. The Hall–Kier alpha value is -3.78. The van der Waals surface area contributed by atoms with Gasteiger partial charge < -0.3 is 14.8 Å². The van der Waals surface area contributed by atoms with E-state index in [0.29, 0.717) is 12.1 Å². The highest BCUT2D eigenvalue weighted by molar-refractivity contribution is 5.70. The number of alkyl carbamates (subject to hydrolysis) is 1. The number of likely N-dealkylation sites (tertiary alicyclic amines) is 1. The molecule has 1 amide bonds. The number of esters is 1. The average Bonchev–Trinajstić information content (AvgIpc) is 3.45. The molecule has 2 heterocycles. The van der Waals surface area contributed by atoms with Crippen molar-refractivity contribution in [1.29, 1.82) is 0 Å². The van der Waals surface area contributed by atoms with E-state index >= 15 is 0 Å². The Bertz CT molecular complexity index is 1270. The molecule has 4 atom stereocenters. The van der Waals surface area contributed by atoms with E-state index in [1.54, 1.807) is 0 Å². The molecule has 3 aromatic carbocycles. The first-order chi connectivity index (χ1) is 17.9. The van der Waals surface area contributed by atoms with Gasteiger partial charge in [0.1, 0.15) is 23.8 Å². The number of nitrogens with zero attached hydrogens (tertiary/aromatic N) is 1. The molecule has 37 heavy (non-hydrogen) atoms. The van der Waals surface area contributed by atoms with Crippen LogP contribution in [0.5, 0.6) is 0 Å². The van der Waals surface area contributed by atoms with Crippen molar-refractivity contribution >= 4 is 12.1 Å². The summed E-state index contributed by atoms with van der Waals surface area (Å²) < 4.78 is 38.6. The Morgan fingerprint density at radius 2 is 1.78 bits per heavy atom. The lowest BCUT2D eigenvalue weighted by Crippen LogP contribution is -2.31. The first-order valence-corrected chi connectivity index (χ1v) is 12.3. The number of carbonyl (C=O) groups is 2. The molecule has 5 rings (SSSR count). The SMILES string of the molecule is CC(=O)OC1CCN(C(c2ccccc2)c2cccc([C@@H]3OC(=O)N[C@H]3Cc3cc(F)cc(F)c3)c2)C1. The average molecular weight is 507 g/mol. The topological polar surface area (TPSA) is 67.9 Å². The molecule has 3 aromatic rings. The second-order valence-electron chi connectivity index (χ2n) is 9.56. The van der Waals surface area contributed by atoms with Crippen LogP contribution in [0.1, 0.15) is 47.7 Å². The summed E-state index contributed by atoms with van der Waals surface area (Å²) in [6.45, 7) is 2.79. The van der Waals surface area contributed by atoms with Gasteiger partial charge in [0.2, 0.25) is 0 Å². The standard InChI is InChI=1S/C29H28F2N2O4/c1-18(34)36-25-10-11-33(17-25)27(20-6-3-2-4-7-20)21-8-5-9-22(15-21)28-26(32-29(35)37-28)14-19-12-23(30)16-24(31)13-19/h2-9,12-13,15-16,25-28H,10-11,14,17H2,1H3,(H,32,35)/t25?,26-,27?,28-/m0/s1. The first-order valence-electron chi connectivity index (χ1n) is 12.3. The molecule has 0 aromatic heterocycles. The van der Waals surface area contributed by atoms with Crippen molar-refractivity contribution in [3.63, 3.8) is 0 Å². The third-order valence-corrected chi connectivity index (χ3v) is 6.83. The van der Waals surface area contributed by atoms with Crippen LogP contribution in [0.25, 0.3) is 0 Å². The van der Waals surface area contributed by atoms with Gasteiger partial charge in [-0.1, -0.05) is 54.6 Å². The minimum atomic E-state index is -0.665. The van der Waals surface area contributed by atoms with E-state index < -0.39 is 29.9 Å². The van der Waals surface area contributed by atoms with Crippen molar-refractivity contribution in [2.24, 2.45) is 0 Å². The fraction of sp³-hybridized carbons (Fsp3) is 0.310. The summed E-state index contributed by atoms with van der Waals surface area (Å²) in [5.74, 6) is -1.62. The number of cyclic esters (lactones) is 1. The molecule has 192 valence electrons. The maximum absolute atomic E-state index is 13.8. The molecular weight excluding hydrogens is 478 g/mol. The van der Waals surface area contributed by atoms with Gasteiger partial charge in [-0.3, -0.25) is 9.69 Å². The van der Waals surface area contributed by atoms with Crippen LogP contribution in [0.15, 0.2) is 72.8 Å². The molecule has 2 saturated heterocycles. The van der Waals surface area contributed by atoms with Gasteiger partial charge in [-0.25, -0.2) is 13.6 Å². The predicted molar refractivity (Wildman–Crippen MR) is 133 cm³/mol. The molecule has 0 saturated carbocycles. The Kier molecular flexibility index (Phi) is 7.19. The summed E-state index contributed by atoms with van der Waals surface area (Å²) in [5, 5.41) is 2.78. The summed E-state index contributed by atoms with van der Waals surface area (Å²) in [7, 11) is 0. The number of hydrogen-bond donors (Lipinski definition) is 1. The normalized spacial score (nSPS) is 22.4. The minimum Gasteiger partial charge on any atom is -0.461 e. The number of benzene rings is 3. The summed E-state index contributed by atoms with van der Waals surface area (Å²) in [4.78, 5) is 26.0. The maximum atomic E-state index is 13.8. The molecule has 0 radical (unpaired) electrons. The van der Waals surface area contributed by atoms with Gasteiger partial charge in [0.25, 0.3) is 0 Å². The minimum absolute atomic E-state index is 0.0949. The number of ether oxygens (including phenoxy) is 2. The van der Waals surface area contributed by atoms with Crippen molar-refractivity contribution in [2.45, 2.75) is 44.1 Å². The zero-order valence-electron chi connectivity index (χ0n) is 20.4.